The minimum absolute atomic E-state index is 0.537. The molecule has 1 saturated carbocycles. The molecule has 2 aromatic carbocycles. The summed E-state index contributed by atoms with van der Waals surface area (Å²) in [6, 6.07) is 17.8. The van der Waals surface area contributed by atoms with Crippen molar-refractivity contribution in [2.45, 2.75) is 90.4 Å². The third-order valence-corrected chi connectivity index (χ3v) is 6.54. The summed E-state index contributed by atoms with van der Waals surface area (Å²) in [5, 5.41) is 0. The standard InChI is InChI=1S/C30H40O/c1-3-5-7-8-9-25-12-18-28(19-13-25)29-20-14-26(15-21-29)10-11-27-16-22-30(23-17-27)31-24-6-4-2/h12-13,16-19,22-23,26,29H,3-9,14-15,20-21,24H2,1-2H3/t26-,29-. The van der Waals surface area contributed by atoms with E-state index in [0.717, 1.165) is 30.8 Å². The molecule has 0 radical (unpaired) electrons. The highest BCUT2D eigenvalue weighted by atomic mass is 16.5. The van der Waals surface area contributed by atoms with E-state index in [4.69, 9.17) is 4.74 Å². The number of hydrogen-bond donors (Lipinski definition) is 0. The maximum absolute atomic E-state index is 5.74. The van der Waals surface area contributed by atoms with E-state index in [1.54, 1.807) is 0 Å². The summed E-state index contributed by atoms with van der Waals surface area (Å²) in [7, 11) is 0. The highest BCUT2D eigenvalue weighted by molar-refractivity contribution is 5.38. The van der Waals surface area contributed by atoms with Crippen molar-refractivity contribution in [3.8, 4) is 17.6 Å². The van der Waals surface area contributed by atoms with Crippen LogP contribution in [0.2, 0.25) is 0 Å². The molecule has 0 unspecified atom stereocenters. The number of benzene rings is 2. The molecular weight excluding hydrogens is 376 g/mol. The molecule has 3 rings (SSSR count). The minimum atomic E-state index is 0.537. The third-order valence-electron chi connectivity index (χ3n) is 6.54. The summed E-state index contributed by atoms with van der Waals surface area (Å²) in [4.78, 5) is 0. The molecule has 1 fully saturated rings. The van der Waals surface area contributed by atoms with Gasteiger partial charge in [-0.25, -0.2) is 0 Å². The molecule has 0 heterocycles. The van der Waals surface area contributed by atoms with E-state index in [0.29, 0.717) is 11.8 Å². The fourth-order valence-electron chi connectivity index (χ4n) is 4.44. The van der Waals surface area contributed by atoms with Crippen LogP contribution in [0.4, 0.5) is 0 Å². The first-order valence-electron chi connectivity index (χ1n) is 12.6. The Morgan fingerprint density at radius 1 is 0.774 bits per heavy atom. The fourth-order valence-corrected chi connectivity index (χ4v) is 4.44. The minimum Gasteiger partial charge on any atom is -0.494 e. The highest BCUT2D eigenvalue weighted by Gasteiger charge is 2.21. The molecule has 1 aliphatic rings. The topological polar surface area (TPSA) is 9.23 Å². The molecule has 0 atom stereocenters. The van der Waals surface area contributed by atoms with Crippen LogP contribution >= 0.6 is 0 Å². The first kappa shape index (κ1) is 23.5. The second-order valence-corrected chi connectivity index (χ2v) is 9.10. The maximum Gasteiger partial charge on any atom is 0.119 e. The van der Waals surface area contributed by atoms with E-state index >= 15 is 0 Å². The van der Waals surface area contributed by atoms with Crippen molar-refractivity contribution in [1.82, 2.24) is 0 Å². The highest BCUT2D eigenvalue weighted by Crippen LogP contribution is 2.35. The van der Waals surface area contributed by atoms with Crippen molar-refractivity contribution in [3.05, 3.63) is 65.2 Å². The summed E-state index contributed by atoms with van der Waals surface area (Å²) in [6.07, 6.45) is 13.8. The van der Waals surface area contributed by atoms with Gasteiger partial charge < -0.3 is 4.74 Å². The van der Waals surface area contributed by atoms with Crippen LogP contribution in [0.1, 0.15) is 101 Å². The van der Waals surface area contributed by atoms with Crippen molar-refractivity contribution in [1.29, 1.82) is 0 Å². The zero-order valence-corrected chi connectivity index (χ0v) is 19.7. The Morgan fingerprint density at radius 3 is 2.16 bits per heavy atom. The largest absolute Gasteiger partial charge is 0.494 e. The molecule has 0 N–H and O–H groups in total. The third kappa shape index (κ3) is 8.10. The Hall–Kier alpha value is -2.20. The predicted molar refractivity (Wildman–Crippen MR) is 133 cm³/mol. The normalized spacial score (nSPS) is 18.3. The summed E-state index contributed by atoms with van der Waals surface area (Å²) in [5.74, 6) is 9.13. The lowest BCUT2D eigenvalue weighted by molar-refractivity contribution is 0.309. The molecule has 2 aromatic rings. The zero-order chi connectivity index (χ0) is 21.7. The Kier molecular flexibility index (Phi) is 10.0. The van der Waals surface area contributed by atoms with Gasteiger partial charge in [0.15, 0.2) is 0 Å². The fraction of sp³-hybridized carbons (Fsp3) is 0.533. The zero-order valence-electron chi connectivity index (χ0n) is 19.7. The molecule has 0 spiro atoms. The quantitative estimate of drug-likeness (QED) is 0.279. The van der Waals surface area contributed by atoms with Gasteiger partial charge in [-0.15, -0.1) is 0 Å². The molecule has 31 heavy (non-hydrogen) atoms. The van der Waals surface area contributed by atoms with Crippen LogP contribution in [0.5, 0.6) is 5.75 Å². The van der Waals surface area contributed by atoms with E-state index in [2.05, 4.69) is 62.1 Å². The molecule has 1 heteroatoms. The average Bonchev–Trinajstić information content (AvgIpc) is 2.82. The number of unbranched alkanes of at least 4 members (excludes halogenated alkanes) is 4. The first-order chi connectivity index (χ1) is 15.3. The second-order valence-electron chi connectivity index (χ2n) is 9.10. The SMILES string of the molecule is CCCCCCc1ccc([C@H]2CC[C@H](C#Cc3ccc(OCCCC)cc3)CC2)cc1. The Labute approximate surface area is 190 Å². The van der Waals surface area contributed by atoms with Gasteiger partial charge in [-0.3, -0.25) is 0 Å². The molecule has 0 amide bonds. The summed E-state index contributed by atoms with van der Waals surface area (Å²) >= 11 is 0. The van der Waals surface area contributed by atoms with Crippen LogP contribution in [0.25, 0.3) is 0 Å². The summed E-state index contributed by atoms with van der Waals surface area (Å²) in [6.45, 7) is 5.26. The van der Waals surface area contributed by atoms with Crippen molar-refractivity contribution >= 4 is 0 Å². The lowest BCUT2D eigenvalue weighted by atomic mass is 9.78. The number of hydrogen-bond acceptors (Lipinski definition) is 1. The van der Waals surface area contributed by atoms with E-state index < -0.39 is 0 Å². The summed E-state index contributed by atoms with van der Waals surface area (Å²) in [5.41, 5.74) is 4.13. The van der Waals surface area contributed by atoms with Crippen LogP contribution in [-0.2, 0) is 6.42 Å². The second kappa shape index (κ2) is 13.3. The molecule has 0 bridgehead atoms. The van der Waals surface area contributed by atoms with Crippen LogP contribution < -0.4 is 4.74 Å². The molecule has 1 nitrogen and oxygen atoms in total. The number of rotatable bonds is 10. The van der Waals surface area contributed by atoms with Gasteiger partial charge in [-0.05, 0) is 86.3 Å². The number of ether oxygens (including phenoxy) is 1. The van der Waals surface area contributed by atoms with E-state index in [-0.39, 0.29) is 0 Å². The van der Waals surface area contributed by atoms with E-state index in [1.165, 1.54) is 68.9 Å². The Bertz CT molecular complexity index is 798. The van der Waals surface area contributed by atoms with Crippen LogP contribution in [0, 0.1) is 17.8 Å². The van der Waals surface area contributed by atoms with Gasteiger partial charge >= 0.3 is 0 Å². The van der Waals surface area contributed by atoms with E-state index in [9.17, 15) is 0 Å². The maximum atomic E-state index is 5.74. The lowest BCUT2D eigenvalue weighted by Crippen LogP contribution is -2.12. The summed E-state index contributed by atoms with van der Waals surface area (Å²) < 4.78 is 5.74. The Morgan fingerprint density at radius 2 is 1.48 bits per heavy atom. The molecule has 0 saturated heterocycles. The van der Waals surface area contributed by atoms with Crippen molar-refractivity contribution in [2.75, 3.05) is 6.61 Å². The van der Waals surface area contributed by atoms with Gasteiger partial charge in [-0.1, -0.05) is 75.6 Å². The van der Waals surface area contributed by atoms with Crippen molar-refractivity contribution < 1.29 is 4.74 Å². The van der Waals surface area contributed by atoms with Gasteiger partial charge in [0.05, 0.1) is 6.61 Å². The van der Waals surface area contributed by atoms with Crippen LogP contribution in [-0.4, -0.2) is 6.61 Å². The van der Waals surface area contributed by atoms with Gasteiger partial charge in [0.1, 0.15) is 5.75 Å². The Balaban J connectivity index is 1.42. The first-order valence-corrected chi connectivity index (χ1v) is 12.6. The lowest BCUT2D eigenvalue weighted by Gasteiger charge is -2.26. The molecule has 0 aliphatic heterocycles. The van der Waals surface area contributed by atoms with Gasteiger partial charge in [-0.2, -0.15) is 0 Å². The monoisotopic (exact) mass is 416 g/mol. The smallest absolute Gasteiger partial charge is 0.119 e. The van der Waals surface area contributed by atoms with Crippen molar-refractivity contribution in [2.24, 2.45) is 5.92 Å². The van der Waals surface area contributed by atoms with Gasteiger partial charge in [0, 0.05) is 11.5 Å². The van der Waals surface area contributed by atoms with E-state index in [1.807, 2.05) is 12.1 Å². The molecule has 166 valence electrons. The van der Waals surface area contributed by atoms with Crippen LogP contribution in [0.3, 0.4) is 0 Å². The van der Waals surface area contributed by atoms with Gasteiger partial charge in [0.2, 0.25) is 0 Å². The van der Waals surface area contributed by atoms with Crippen LogP contribution in [0.15, 0.2) is 48.5 Å². The number of aryl methyl sites for hydroxylation is 1. The van der Waals surface area contributed by atoms with Gasteiger partial charge in [0.25, 0.3) is 0 Å². The predicted octanol–water partition coefficient (Wildman–Crippen LogP) is 8.31. The molecular formula is C30H40O. The molecule has 0 aromatic heterocycles. The molecule has 1 aliphatic carbocycles. The average molecular weight is 417 g/mol. The van der Waals surface area contributed by atoms with Crippen molar-refractivity contribution in [3.63, 3.8) is 0 Å².